The highest BCUT2D eigenvalue weighted by molar-refractivity contribution is 7.08. The molecule has 1 aromatic heterocycles. The fraction of sp³-hybridized carbons (Fsp3) is 0.389. The molecule has 1 spiro atoms. The molecule has 1 amide bonds. The first-order valence-corrected chi connectivity index (χ1v) is 8.92. The first kappa shape index (κ1) is 14.8. The van der Waals surface area contributed by atoms with E-state index >= 15 is 0 Å². The molecule has 23 heavy (non-hydrogen) atoms. The second kappa shape index (κ2) is 5.73. The van der Waals surface area contributed by atoms with E-state index in [-0.39, 0.29) is 17.3 Å². The Morgan fingerprint density at radius 3 is 2.61 bits per heavy atom. The number of nitrogens with zero attached hydrogens (tertiary/aromatic N) is 2. The Morgan fingerprint density at radius 1 is 1.17 bits per heavy atom. The van der Waals surface area contributed by atoms with Crippen LogP contribution in [0.2, 0.25) is 0 Å². The quantitative estimate of drug-likeness (QED) is 0.861. The Balaban J connectivity index is 1.43. The van der Waals surface area contributed by atoms with Crippen LogP contribution in [-0.2, 0) is 6.54 Å². The topological polar surface area (TPSA) is 23.6 Å². The summed E-state index contributed by atoms with van der Waals surface area (Å²) in [6, 6.07) is 8.63. The molecule has 3 heterocycles. The van der Waals surface area contributed by atoms with Crippen molar-refractivity contribution in [3.63, 3.8) is 0 Å². The third-order valence-electron chi connectivity index (χ3n) is 5.19. The van der Waals surface area contributed by atoms with E-state index in [1.54, 1.807) is 11.3 Å². The Labute approximate surface area is 139 Å². The van der Waals surface area contributed by atoms with Crippen molar-refractivity contribution in [2.24, 2.45) is 0 Å². The zero-order chi connectivity index (χ0) is 15.9. The van der Waals surface area contributed by atoms with E-state index in [0.29, 0.717) is 0 Å². The van der Waals surface area contributed by atoms with Gasteiger partial charge < -0.3 is 4.90 Å². The molecule has 1 aromatic carbocycles. The van der Waals surface area contributed by atoms with Crippen molar-refractivity contribution in [3.8, 4) is 0 Å². The van der Waals surface area contributed by atoms with Crippen LogP contribution >= 0.6 is 11.3 Å². The van der Waals surface area contributed by atoms with E-state index in [4.69, 9.17) is 0 Å². The van der Waals surface area contributed by atoms with Gasteiger partial charge in [-0.05, 0) is 42.0 Å². The SMILES string of the molecule is O=C(c1ccsc1)N1CC[C@@]2(CCN2Cc2ccc(F)cc2)C1. The first-order valence-electron chi connectivity index (χ1n) is 7.97. The van der Waals surface area contributed by atoms with Crippen LogP contribution in [0.5, 0.6) is 0 Å². The van der Waals surface area contributed by atoms with E-state index in [1.807, 2.05) is 33.9 Å². The van der Waals surface area contributed by atoms with Gasteiger partial charge in [-0.3, -0.25) is 9.69 Å². The van der Waals surface area contributed by atoms with Gasteiger partial charge in [0.1, 0.15) is 5.82 Å². The molecule has 2 fully saturated rings. The number of hydrogen-bond donors (Lipinski definition) is 0. The van der Waals surface area contributed by atoms with Crippen LogP contribution in [0, 0.1) is 5.82 Å². The van der Waals surface area contributed by atoms with Crippen molar-refractivity contribution in [2.75, 3.05) is 19.6 Å². The Hall–Kier alpha value is -1.72. The van der Waals surface area contributed by atoms with Gasteiger partial charge in [0, 0.05) is 37.1 Å². The molecule has 0 saturated carbocycles. The van der Waals surface area contributed by atoms with E-state index < -0.39 is 0 Å². The van der Waals surface area contributed by atoms with Crippen molar-refractivity contribution < 1.29 is 9.18 Å². The van der Waals surface area contributed by atoms with E-state index in [1.165, 1.54) is 12.1 Å². The second-order valence-corrected chi connectivity index (χ2v) is 7.29. The second-order valence-electron chi connectivity index (χ2n) is 6.51. The van der Waals surface area contributed by atoms with Crippen molar-refractivity contribution in [1.29, 1.82) is 0 Å². The van der Waals surface area contributed by atoms with Gasteiger partial charge in [-0.1, -0.05) is 12.1 Å². The van der Waals surface area contributed by atoms with Gasteiger partial charge in [0.15, 0.2) is 0 Å². The minimum atomic E-state index is -0.194. The Kier molecular flexibility index (Phi) is 3.70. The fourth-order valence-electron chi connectivity index (χ4n) is 3.70. The molecule has 2 aromatic rings. The minimum absolute atomic E-state index is 0.125. The fourth-order valence-corrected chi connectivity index (χ4v) is 4.33. The number of carbonyl (C=O) groups is 1. The molecule has 3 nitrogen and oxygen atoms in total. The smallest absolute Gasteiger partial charge is 0.254 e. The van der Waals surface area contributed by atoms with Gasteiger partial charge in [0.25, 0.3) is 5.91 Å². The average Bonchev–Trinajstić information content (AvgIpc) is 3.23. The molecule has 2 aliphatic rings. The van der Waals surface area contributed by atoms with Crippen LogP contribution in [0.25, 0.3) is 0 Å². The molecule has 0 aliphatic carbocycles. The van der Waals surface area contributed by atoms with Crippen molar-refractivity contribution in [3.05, 3.63) is 58.0 Å². The van der Waals surface area contributed by atoms with Crippen LogP contribution in [0.3, 0.4) is 0 Å². The first-order chi connectivity index (χ1) is 11.2. The van der Waals surface area contributed by atoms with Crippen molar-refractivity contribution >= 4 is 17.2 Å². The van der Waals surface area contributed by atoms with Gasteiger partial charge in [-0.25, -0.2) is 4.39 Å². The van der Waals surface area contributed by atoms with Gasteiger partial charge in [0.2, 0.25) is 0 Å². The van der Waals surface area contributed by atoms with Crippen LogP contribution in [0.4, 0.5) is 4.39 Å². The largest absolute Gasteiger partial charge is 0.337 e. The summed E-state index contributed by atoms with van der Waals surface area (Å²) in [5.74, 6) is -0.0442. The molecule has 0 N–H and O–H groups in total. The summed E-state index contributed by atoms with van der Waals surface area (Å²) in [6.45, 7) is 3.52. The van der Waals surface area contributed by atoms with Gasteiger partial charge in [0.05, 0.1) is 5.56 Å². The van der Waals surface area contributed by atoms with Crippen LogP contribution in [-0.4, -0.2) is 40.9 Å². The summed E-state index contributed by atoms with van der Waals surface area (Å²) < 4.78 is 13.0. The zero-order valence-corrected chi connectivity index (χ0v) is 13.7. The molecule has 5 heteroatoms. The monoisotopic (exact) mass is 330 g/mol. The lowest BCUT2D eigenvalue weighted by molar-refractivity contribution is -0.0131. The molecule has 1 atom stereocenters. The highest BCUT2D eigenvalue weighted by Crippen LogP contribution is 2.40. The van der Waals surface area contributed by atoms with Crippen molar-refractivity contribution in [1.82, 2.24) is 9.80 Å². The Bertz CT molecular complexity index is 700. The molecule has 0 radical (unpaired) electrons. The number of halogens is 1. The molecular formula is C18H19FN2OS. The molecule has 2 saturated heterocycles. The Morgan fingerprint density at radius 2 is 1.96 bits per heavy atom. The van der Waals surface area contributed by atoms with Crippen LogP contribution in [0.1, 0.15) is 28.8 Å². The third-order valence-corrected chi connectivity index (χ3v) is 5.88. The summed E-state index contributed by atoms with van der Waals surface area (Å²) in [4.78, 5) is 16.9. The maximum Gasteiger partial charge on any atom is 0.254 e. The number of amides is 1. The summed E-state index contributed by atoms with van der Waals surface area (Å²) >= 11 is 1.56. The van der Waals surface area contributed by atoms with Crippen LogP contribution in [0.15, 0.2) is 41.1 Å². The summed E-state index contributed by atoms with van der Waals surface area (Å²) in [6.07, 6.45) is 2.17. The summed E-state index contributed by atoms with van der Waals surface area (Å²) in [5, 5.41) is 3.87. The molecule has 4 rings (SSSR count). The van der Waals surface area contributed by atoms with Gasteiger partial charge >= 0.3 is 0 Å². The summed E-state index contributed by atoms with van der Waals surface area (Å²) in [7, 11) is 0. The third kappa shape index (κ3) is 2.68. The molecular weight excluding hydrogens is 311 g/mol. The highest BCUT2D eigenvalue weighted by Gasteiger charge is 2.49. The van der Waals surface area contributed by atoms with Gasteiger partial charge in [-0.15, -0.1) is 0 Å². The predicted octanol–water partition coefficient (Wildman–Crippen LogP) is 3.38. The molecule has 0 unspecified atom stereocenters. The number of hydrogen-bond acceptors (Lipinski definition) is 3. The summed E-state index contributed by atoms with van der Waals surface area (Å²) in [5.41, 5.74) is 2.06. The normalized spacial score (nSPS) is 24.1. The van der Waals surface area contributed by atoms with E-state index in [2.05, 4.69) is 4.90 Å². The number of likely N-dealkylation sites (tertiary alicyclic amines) is 2. The lowest BCUT2D eigenvalue weighted by Gasteiger charge is -2.50. The number of thiophene rings is 1. The maximum atomic E-state index is 13.0. The minimum Gasteiger partial charge on any atom is -0.337 e. The lowest BCUT2D eigenvalue weighted by atomic mass is 9.83. The molecule has 120 valence electrons. The average molecular weight is 330 g/mol. The number of carbonyl (C=O) groups excluding carboxylic acids is 1. The molecule has 2 aliphatic heterocycles. The predicted molar refractivity (Wildman–Crippen MR) is 89.0 cm³/mol. The van der Waals surface area contributed by atoms with Crippen molar-refractivity contribution in [2.45, 2.75) is 24.9 Å². The van der Waals surface area contributed by atoms with E-state index in [0.717, 1.165) is 50.1 Å². The highest BCUT2D eigenvalue weighted by atomic mass is 32.1. The zero-order valence-electron chi connectivity index (χ0n) is 12.9. The molecule has 0 bridgehead atoms. The maximum absolute atomic E-state index is 13.0. The number of benzene rings is 1. The van der Waals surface area contributed by atoms with Gasteiger partial charge in [-0.2, -0.15) is 11.3 Å². The lowest BCUT2D eigenvalue weighted by Crippen LogP contribution is -2.60. The van der Waals surface area contributed by atoms with Crippen LogP contribution < -0.4 is 0 Å². The standard InChI is InChI=1S/C18H19FN2OS/c19-16-3-1-14(2-4-16)11-21-9-7-18(21)6-8-20(13-18)17(22)15-5-10-23-12-15/h1-5,10,12H,6-9,11,13H2/t18-/m1/s1. The van der Waals surface area contributed by atoms with E-state index in [9.17, 15) is 9.18 Å². The number of rotatable bonds is 3.